The zero-order valence-electron chi connectivity index (χ0n) is 15.2. The van der Waals surface area contributed by atoms with Crippen LogP contribution in [0.3, 0.4) is 0 Å². The number of rotatable bonds is 4. The van der Waals surface area contributed by atoms with E-state index in [4.69, 9.17) is 4.98 Å². The second-order valence-corrected chi connectivity index (χ2v) is 9.56. The van der Waals surface area contributed by atoms with E-state index in [2.05, 4.69) is 11.9 Å². The molecule has 2 aliphatic rings. The van der Waals surface area contributed by atoms with Gasteiger partial charge < -0.3 is 4.90 Å². The minimum Gasteiger partial charge on any atom is -0.303 e. The Morgan fingerprint density at radius 3 is 2.88 bits per heavy atom. The molecule has 4 nitrogen and oxygen atoms in total. The quantitative estimate of drug-likeness (QED) is 0.599. The van der Waals surface area contributed by atoms with Gasteiger partial charge in [0.15, 0.2) is 5.16 Å². The van der Waals surface area contributed by atoms with Crippen molar-refractivity contribution in [3.8, 4) is 0 Å². The number of fused-ring (bicyclic) bond motifs is 3. The molecule has 1 fully saturated rings. The Hall–Kier alpha value is -0.850. The molecule has 1 aliphatic carbocycles. The summed E-state index contributed by atoms with van der Waals surface area (Å²) in [5, 5.41) is 1.79. The summed E-state index contributed by atoms with van der Waals surface area (Å²) in [5.41, 5.74) is 1.45. The number of hydrogen-bond donors (Lipinski definition) is 0. The average Bonchev–Trinajstić information content (AvgIpc) is 2.99. The fraction of sp³-hybridized carbons (Fsp3) is 0.684. The van der Waals surface area contributed by atoms with Crippen molar-refractivity contribution in [2.24, 2.45) is 7.05 Å². The summed E-state index contributed by atoms with van der Waals surface area (Å²) >= 11 is 3.50. The van der Waals surface area contributed by atoms with E-state index >= 15 is 0 Å². The molecule has 1 unspecified atom stereocenters. The first-order chi connectivity index (χ1) is 12.1. The smallest absolute Gasteiger partial charge is 0.262 e. The monoisotopic (exact) mass is 377 g/mol. The summed E-state index contributed by atoms with van der Waals surface area (Å²) in [6, 6.07) is 0.691. The SMILES string of the molecule is CN1CCCCC1CCSc1nc2sc3c(c2c(=O)n1C)CCCC3. The first-order valence-electron chi connectivity index (χ1n) is 9.49. The van der Waals surface area contributed by atoms with Crippen molar-refractivity contribution in [1.82, 2.24) is 14.5 Å². The molecule has 3 heterocycles. The van der Waals surface area contributed by atoms with Gasteiger partial charge in [0, 0.05) is 23.7 Å². The molecule has 0 radical (unpaired) electrons. The lowest BCUT2D eigenvalue weighted by atomic mass is 9.97. The molecule has 2 aromatic rings. The minimum absolute atomic E-state index is 0.154. The largest absolute Gasteiger partial charge is 0.303 e. The van der Waals surface area contributed by atoms with Gasteiger partial charge in [-0.25, -0.2) is 4.98 Å². The Bertz CT molecular complexity index is 826. The lowest BCUT2D eigenvalue weighted by Crippen LogP contribution is -2.36. The summed E-state index contributed by atoms with van der Waals surface area (Å²) < 4.78 is 1.78. The predicted molar refractivity (Wildman–Crippen MR) is 107 cm³/mol. The molecule has 2 aromatic heterocycles. The van der Waals surface area contributed by atoms with Gasteiger partial charge in [0.1, 0.15) is 4.83 Å². The number of piperidine rings is 1. The summed E-state index contributed by atoms with van der Waals surface area (Å²) in [5.74, 6) is 1.03. The molecule has 0 N–H and O–H groups in total. The fourth-order valence-corrected chi connectivity index (χ4v) is 6.51. The number of thioether (sulfide) groups is 1. The second kappa shape index (κ2) is 7.41. The molecule has 6 heteroatoms. The highest BCUT2D eigenvalue weighted by Crippen LogP contribution is 2.34. The van der Waals surface area contributed by atoms with Crippen LogP contribution in [0.4, 0.5) is 0 Å². The van der Waals surface area contributed by atoms with Crippen LogP contribution in [0.25, 0.3) is 10.2 Å². The van der Waals surface area contributed by atoms with Crippen LogP contribution in [0.1, 0.15) is 49.0 Å². The molecule has 0 bridgehead atoms. The highest BCUT2D eigenvalue weighted by atomic mass is 32.2. The van der Waals surface area contributed by atoms with E-state index in [1.165, 1.54) is 55.5 Å². The topological polar surface area (TPSA) is 38.1 Å². The summed E-state index contributed by atoms with van der Waals surface area (Å²) in [6.07, 6.45) is 9.78. The highest BCUT2D eigenvalue weighted by Gasteiger charge is 2.22. The molecular weight excluding hydrogens is 350 g/mol. The maximum absolute atomic E-state index is 12.9. The van der Waals surface area contributed by atoms with Crippen LogP contribution >= 0.6 is 23.1 Å². The number of nitrogens with zero attached hydrogens (tertiary/aromatic N) is 3. The molecule has 4 rings (SSSR count). The van der Waals surface area contributed by atoms with Gasteiger partial charge in [-0.2, -0.15) is 0 Å². The Kier molecular flexibility index (Phi) is 5.20. The van der Waals surface area contributed by atoms with Crippen molar-refractivity contribution in [1.29, 1.82) is 0 Å². The number of hydrogen-bond acceptors (Lipinski definition) is 5. The first kappa shape index (κ1) is 17.6. The van der Waals surface area contributed by atoms with Crippen LogP contribution in [0.5, 0.6) is 0 Å². The normalized spacial score (nSPS) is 21.6. The van der Waals surface area contributed by atoms with E-state index in [9.17, 15) is 4.79 Å². The maximum Gasteiger partial charge on any atom is 0.262 e. The zero-order chi connectivity index (χ0) is 17.4. The Balaban J connectivity index is 1.54. The van der Waals surface area contributed by atoms with Gasteiger partial charge in [-0.15, -0.1) is 11.3 Å². The van der Waals surface area contributed by atoms with Crippen molar-refractivity contribution in [2.75, 3.05) is 19.3 Å². The van der Waals surface area contributed by atoms with E-state index in [1.54, 1.807) is 27.7 Å². The third-order valence-electron chi connectivity index (χ3n) is 5.76. The third-order valence-corrected chi connectivity index (χ3v) is 8.01. The number of likely N-dealkylation sites (tertiary alicyclic amines) is 1. The van der Waals surface area contributed by atoms with Crippen molar-refractivity contribution in [3.05, 3.63) is 20.8 Å². The van der Waals surface area contributed by atoms with E-state index in [1.807, 2.05) is 7.05 Å². The molecule has 1 aliphatic heterocycles. The maximum atomic E-state index is 12.9. The predicted octanol–water partition coefficient (Wildman–Crippen LogP) is 3.84. The van der Waals surface area contributed by atoms with Gasteiger partial charge in [0.2, 0.25) is 0 Å². The van der Waals surface area contributed by atoms with Crippen LogP contribution in [-0.2, 0) is 19.9 Å². The zero-order valence-corrected chi connectivity index (χ0v) is 16.8. The van der Waals surface area contributed by atoms with Crippen LogP contribution in [0.15, 0.2) is 9.95 Å². The van der Waals surface area contributed by atoms with Crippen molar-refractivity contribution in [2.45, 2.75) is 62.6 Å². The standard InChI is InChI=1S/C19H27N3OS2/c1-21-11-6-5-7-13(21)10-12-24-19-20-17-16(18(23)22(19)2)14-8-3-4-9-15(14)25-17/h13H,3-12H2,1-2H3. The van der Waals surface area contributed by atoms with Crippen LogP contribution < -0.4 is 5.56 Å². The summed E-state index contributed by atoms with van der Waals surface area (Å²) in [6.45, 7) is 1.22. The van der Waals surface area contributed by atoms with Crippen molar-refractivity contribution < 1.29 is 0 Å². The molecule has 1 atom stereocenters. The van der Waals surface area contributed by atoms with Crippen LogP contribution in [-0.4, -0.2) is 39.8 Å². The molecule has 0 aromatic carbocycles. The van der Waals surface area contributed by atoms with Gasteiger partial charge in [-0.3, -0.25) is 9.36 Å². The molecule has 0 amide bonds. The van der Waals surface area contributed by atoms with Crippen LogP contribution in [0.2, 0.25) is 0 Å². The van der Waals surface area contributed by atoms with Gasteiger partial charge in [0.25, 0.3) is 5.56 Å². The van der Waals surface area contributed by atoms with Gasteiger partial charge in [-0.05, 0) is 64.1 Å². The lowest BCUT2D eigenvalue weighted by molar-refractivity contribution is 0.182. The molecule has 136 valence electrons. The van der Waals surface area contributed by atoms with Gasteiger partial charge in [0.05, 0.1) is 5.39 Å². The highest BCUT2D eigenvalue weighted by molar-refractivity contribution is 7.99. The van der Waals surface area contributed by atoms with Crippen LogP contribution in [0, 0.1) is 0 Å². The first-order valence-corrected chi connectivity index (χ1v) is 11.3. The Labute approximate surface area is 157 Å². The van der Waals surface area contributed by atoms with E-state index in [0.29, 0.717) is 6.04 Å². The Morgan fingerprint density at radius 1 is 1.20 bits per heavy atom. The number of aryl methyl sites for hydroxylation is 2. The third kappa shape index (κ3) is 3.40. The van der Waals surface area contributed by atoms with E-state index < -0.39 is 0 Å². The van der Waals surface area contributed by atoms with E-state index in [0.717, 1.165) is 34.0 Å². The van der Waals surface area contributed by atoms with Crippen molar-refractivity contribution >= 4 is 33.3 Å². The number of thiophene rings is 1. The second-order valence-electron chi connectivity index (χ2n) is 7.42. The molecule has 1 saturated heterocycles. The molecular formula is C19H27N3OS2. The average molecular weight is 378 g/mol. The van der Waals surface area contributed by atoms with Gasteiger partial charge >= 0.3 is 0 Å². The molecule has 0 saturated carbocycles. The minimum atomic E-state index is 0.154. The Morgan fingerprint density at radius 2 is 2.04 bits per heavy atom. The lowest BCUT2D eigenvalue weighted by Gasteiger charge is -2.32. The van der Waals surface area contributed by atoms with Crippen molar-refractivity contribution in [3.63, 3.8) is 0 Å². The van der Waals surface area contributed by atoms with E-state index in [-0.39, 0.29) is 5.56 Å². The number of aromatic nitrogens is 2. The van der Waals surface area contributed by atoms with Gasteiger partial charge in [-0.1, -0.05) is 18.2 Å². The summed E-state index contributed by atoms with van der Waals surface area (Å²) in [7, 11) is 4.13. The summed E-state index contributed by atoms with van der Waals surface area (Å²) in [4.78, 5) is 22.6. The molecule has 0 spiro atoms. The fourth-order valence-electron chi connectivity index (χ4n) is 4.19. The molecule has 25 heavy (non-hydrogen) atoms.